The highest BCUT2D eigenvalue weighted by atomic mass is 19.3. The van der Waals surface area contributed by atoms with Crippen molar-refractivity contribution in [1.29, 1.82) is 0 Å². The molecule has 178 valence electrons. The van der Waals surface area contributed by atoms with Crippen molar-refractivity contribution >= 4 is 11.7 Å². The highest BCUT2D eigenvalue weighted by Gasteiger charge is 2.46. The highest BCUT2D eigenvalue weighted by molar-refractivity contribution is 5.93. The number of nitrogens with zero attached hydrogens (tertiary/aromatic N) is 4. The number of hydrogen-bond acceptors (Lipinski definition) is 5. The number of nitrogens with one attached hydrogen (secondary N) is 1. The Labute approximate surface area is 194 Å². The Hall–Kier alpha value is -3.53. The molecule has 3 aromatic heterocycles. The Morgan fingerprint density at radius 3 is 2.74 bits per heavy atom. The van der Waals surface area contributed by atoms with Crippen molar-refractivity contribution in [1.82, 2.24) is 19.4 Å². The van der Waals surface area contributed by atoms with Gasteiger partial charge in [-0.25, -0.2) is 18.2 Å². The third kappa shape index (κ3) is 5.33. The molecule has 3 aromatic rings. The third-order valence-corrected chi connectivity index (χ3v) is 6.03. The first-order chi connectivity index (χ1) is 16.2. The molecule has 1 fully saturated rings. The van der Waals surface area contributed by atoms with Crippen LogP contribution in [0.2, 0.25) is 0 Å². The monoisotopic (exact) mass is 471 g/mol. The molecular formula is C24H24F3N5O2. The molecule has 1 N–H and O–H groups in total. The molecular weight excluding hydrogens is 447 g/mol. The molecule has 0 aliphatic carbocycles. The Morgan fingerprint density at radius 1 is 1.21 bits per heavy atom. The smallest absolute Gasteiger partial charge is 0.257 e. The van der Waals surface area contributed by atoms with Gasteiger partial charge in [0.1, 0.15) is 11.6 Å². The molecule has 4 heterocycles. The van der Waals surface area contributed by atoms with Crippen LogP contribution in [0.25, 0.3) is 0 Å². The number of carbonyl (C=O) groups excluding carboxylic acids is 1. The SMILES string of the molecule is CC(C(=O)Nc1ccc(F)cn1)N1CCC(F)(F)C(c2ccc(=O)n(Cc3ccccn3)c2)C1. The number of amides is 1. The number of hydrogen-bond donors (Lipinski definition) is 1. The van der Waals surface area contributed by atoms with Gasteiger partial charge in [-0.3, -0.25) is 19.5 Å². The van der Waals surface area contributed by atoms with Crippen LogP contribution >= 0.6 is 0 Å². The van der Waals surface area contributed by atoms with Crippen molar-refractivity contribution in [3.05, 3.63) is 88.5 Å². The molecule has 2 atom stereocenters. The predicted molar refractivity (Wildman–Crippen MR) is 120 cm³/mol. The fourth-order valence-corrected chi connectivity index (χ4v) is 4.02. The van der Waals surface area contributed by atoms with Gasteiger partial charge in [0.05, 0.1) is 30.4 Å². The number of pyridine rings is 3. The first kappa shape index (κ1) is 23.6. The Balaban J connectivity index is 1.52. The average Bonchev–Trinajstić information content (AvgIpc) is 2.82. The normalized spacial score (nSPS) is 18.9. The van der Waals surface area contributed by atoms with Gasteiger partial charge in [0, 0.05) is 38.0 Å². The molecule has 1 aliphatic rings. The summed E-state index contributed by atoms with van der Waals surface area (Å²) in [7, 11) is 0. The largest absolute Gasteiger partial charge is 0.309 e. The summed E-state index contributed by atoms with van der Waals surface area (Å²) in [5, 5.41) is 2.59. The molecule has 4 rings (SSSR count). The molecule has 7 nitrogen and oxygen atoms in total. The fraction of sp³-hybridized carbons (Fsp3) is 0.333. The van der Waals surface area contributed by atoms with Crippen molar-refractivity contribution < 1.29 is 18.0 Å². The van der Waals surface area contributed by atoms with E-state index >= 15 is 0 Å². The van der Waals surface area contributed by atoms with Gasteiger partial charge in [-0.05, 0) is 36.8 Å². The second-order valence-electron chi connectivity index (χ2n) is 8.34. The van der Waals surface area contributed by atoms with E-state index < -0.39 is 36.0 Å². The van der Waals surface area contributed by atoms with E-state index in [-0.39, 0.29) is 31.0 Å². The molecule has 1 amide bonds. The second-order valence-corrected chi connectivity index (χ2v) is 8.34. The van der Waals surface area contributed by atoms with Crippen molar-refractivity contribution in [2.45, 2.75) is 37.8 Å². The van der Waals surface area contributed by atoms with E-state index in [9.17, 15) is 22.8 Å². The van der Waals surface area contributed by atoms with Gasteiger partial charge in [0.2, 0.25) is 5.91 Å². The van der Waals surface area contributed by atoms with Gasteiger partial charge < -0.3 is 9.88 Å². The fourth-order valence-electron chi connectivity index (χ4n) is 4.02. The molecule has 34 heavy (non-hydrogen) atoms. The van der Waals surface area contributed by atoms with E-state index in [4.69, 9.17) is 0 Å². The lowest BCUT2D eigenvalue weighted by atomic mass is 9.87. The first-order valence-electron chi connectivity index (χ1n) is 10.9. The summed E-state index contributed by atoms with van der Waals surface area (Å²) in [6.45, 7) is 1.75. The van der Waals surface area contributed by atoms with Crippen LogP contribution < -0.4 is 10.9 Å². The van der Waals surface area contributed by atoms with E-state index in [2.05, 4.69) is 15.3 Å². The van der Waals surface area contributed by atoms with E-state index in [1.165, 1.54) is 35.0 Å². The van der Waals surface area contributed by atoms with Gasteiger partial charge >= 0.3 is 0 Å². The van der Waals surface area contributed by atoms with Gasteiger partial charge in [-0.2, -0.15) is 0 Å². The summed E-state index contributed by atoms with van der Waals surface area (Å²) in [4.78, 5) is 34.7. The number of rotatable bonds is 6. The van der Waals surface area contributed by atoms with E-state index in [1.807, 2.05) is 0 Å². The van der Waals surface area contributed by atoms with Gasteiger partial charge in [-0.15, -0.1) is 0 Å². The maximum absolute atomic E-state index is 15.0. The van der Waals surface area contributed by atoms with Gasteiger partial charge in [0.15, 0.2) is 0 Å². The van der Waals surface area contributed by atoms with Crippen LogP contribution in [0.15, 0.2) is 65.8 Å². The summed E-state index contributed by atoms with van der Waals surface area (Å²) in [5.74, 6) is -4.98. The number of aromatic nitrogens is 3. The van der Waals surface area contributed by atoms with Crippen molar-refractivity contribution in [3.8, 4) is 0 Å². The van der Waals surface area contributed by atoms with Crippen molar-refractivity contribution in [2.24, 2.45) is 0 Å². The number of anilines is 1. The standard InChI is InChI=1S/C24H24F3N5O2/c1-16(23(34)30-21-7-6-18(25)12-29-21)31-11-9-24(26,27)20(15-31)17-5-8-22(33)32(13-17)14-19-4-2-3-10-28-19/h2-8,10,12-13,16,20H,9,11,14-15H2,1H3,(H,29,30,34). The summed E-state index contributed by atoms with van der Waals surface area (Å²) in [6, 6.07) is 9.79. The first-order valence-corrected chi connectivity index (χ1v) is 10.9. The molecule has 0 radical (unpaired) electrons. The second kappa shape index (κ2) is 9.76. The molecule has 10 heteroatoms. The predicted octanol–water partition coefficient (Wildman–Crippen LogP) is 3.28. The van der Waals surface area contributed by atoms with Crippen LogP contribution in [0.5, 0.6) is 0 Å². The minimum Gasteiger partial charge on any atom is -0.309 e. The Morgan fingerprint density at radius 2 is 2.03 bits per heavy atom. The van der Waals surface area contributed by atoms with Crippen LogP contribution in [-0.2, 0) is 11.3 Å². The topological polar surface area (TPSA) is 80.1 Å². The van der Waals surface area contributed by atoms with E-state index in [0.717, 1.165) is 6.20 Å². The number of carbonyl (C=O) groups is 1. The maximum Gasteiger partial charge on any atom is 0.257 e. The van der Waals surface area contributed by atoms with Gasteiger partial charge in [0.25, 0.3) is 11.5 Å². The zero-order valence-electron chi connectivity index (χ0n) is 18.5. The average molecular weight is 471 g/mol. The zero-order chi connectivity index (χ0) is 24.3. The zero-order valence-corrected chi connectivity index (χ0v) is 18.5. The lowest BCUT2D eigenvalue weighted by Gasteiger charge is -2.40. The Kier molecular flexibility index (Phi) is 6.78. The molecule has 0 spiro atoms. The molecule has 1 saturated heterocycles. The summed E-state index contributed by atoms with van der Waals surface area (Å²) >= 11 is 0. The third-order valence-electron chi connectivity index (χ3n) is 6.03. The lowest BCUT2D eigenvalue weighted by Crippen LogP contribution is -2.52. The lowest BCUT2D eigenvalue weighted by molar-refractivity contribution is -0.125. The van der Waals surface area contributed by atoms with E-state index in [0.29, 0.717) is 11.3 Å². The minimum absolute atomic E-state index is 0.0303. The number of likely N-dealkylation sites (tertiary alicyclic amines) is 1. The summed E-state index contributed by atoms with van der Waals surface area (Å²) in [6.07, 6.45) is 3.61. The molecule has 0 aromatic carbocycles. The molecule has 2 unspecified atom stereocenters. The summed E-state index contributed by atoms with van der Waals surface area (Å²) in [5.41, 5.74) is 0.640. The van der Waals surface area contributed by atoms with Gasteiger partial charge in [-0.1, -0.05) is 12.1 Å². The van der Waals surface area contributed by atoms with Crippen LogP contribution in [0.4, 0.5) is 19.0 Å². The van der Waals surface area contributed by atoms with Crippen molar-refractivity contribution in [2.75, 3.05) is 18.4 Å². The molecule has 0 saturated carbocycles. The van der Waals surface area contributed by atoms with Crippen LogP contribution in [0.3, 0.4) is 0 Å². The minimum atomic E-state index is -3.00. The Bertz CT molecular complexity index is 1200. The van der Waals surface area contributed by atoms with E-state index in [1.54, 1.807) is 36.2 Å². The van der Waals surface area contributed by atoms with Crippen LogP contribution in [0.1, 0.15) is 30.5 Å². The van der Waals surface area contributed by atoms with Crippen molar-refractivity contribution in [3.63, 3.8) is 0 Å². The van der Waals surface area contributed by atoms with Crippen LogP contribution in [-0.4, -0.2) is 50.4 Å². The number of alkyl halides is 2. The number of halogens is 3. The highest BCUT2D eigenvalue weighted by Crippen LogP contribution is 2.40. The molecule has 1 aliphatic heterocycles. The summed E-state index contributed by atoms with van der Waals surface area (Å²) < 4.78 is 44.3. The maximum atomic E-state index is 15.0. The quantitative estimate of drug-likeness (QED) is 0.597. The van der Waals surface area contributed by atoms with Crippen LogP contribution in [0, 0.1) is 5.82 Å². The number of piperidine rings is 1. The molecule has 0 bridgehead atoms.